The fraction of sp³-hybridized carbons (Fsp3) is 0.538. The van der Waals surface area contributed by atoms with Crippen LogP contribution in [-0.4, -0.2) is 31.5 Å². The summed E-state index contributed by atoms with van der Waals surface area (Å²) in [5, 5.41) is 3.41. The SMILES string of the molecule is CC1CN(c2ccc(OC(F)(F)F)cc2)CC(C)N1. The molecule has 1 N–H and O–H groups in total. The number of rotatable bonds is 2. The van der Waals surface area contributed by atoms with Gasteiger partial charge in [-0.25, -0.2) is 0 Å². The maximum Gasteiger partial charge on any atom is 0.573 e. The van der Waals surface area contributed by atoms with Crippen molar-refractivity contribution in [2.75, 3.05) is 18.0 Å². The molecule has 0 amide bonds. The lowest BCUT2D eigenvalue weighted by molar-refractivity contribution is -0.274. The molecule has 1 aliphatic rings. The van der Waals surface area contributed by atoms with Crippen molar-refractivity contribution in [2.24, 2.45) is 0 Å². The van der Waals surface area contributed by atoms with Crippen LogP contribution in [0.15, 0.2) is 24.3 Å². The van der Waals surface area contributed by atoms with E-state index >= 15 is 0 Å². The lowest BCUT2D eigenvalue weighted by Gasteiger charge is -2.37. The monoisotopic (exact) mass is 274 g/mol. The quantitative estimate of drug-likeness (QED) is 0.897. The number of alkyl halides is 3. The van der Waals surface area contributed by atoms with Crippen LogP contribution in [0.5, 0.6) is 5.75 Å². The van der Waals surface area contributed by atoms with Crippen molar-refractivity contribution in [1.82, 2.24) is 5.32 Å². The van der Waals surface area contributed by atoms with Gasteiger partial charge in [0.05, 0.1) is 0 Å². The smallest absolute Gasteiger partial charge is 0.406 e. The van der Waals surface area contributed by atoms with Gasteiger partial charge in [-0.15, -0.1) is 13.2 Å². The number of nitrogens with one attached hydrogen (secondary N) is 1. The first-order valence-corrected chi connectivity index (χ1v) is 6.20. The average molecular weight is 274 g/mol. The molecule has 19 heavy (non-hydrogen) atoms. The molecule has 0 spiro atoms. The van der Waals surface area contributed by atoms with Gasteiger partial charge in [-0.05, 0) is 38.1 Å². The first kappa shape index (κ1) is 14.0. The van der Waals surface area contributed by atoms with E-state index in [1.807, 2.05) is 0 Å². The summed E-state index contributed by atoms with van der Waals surface area (Å²) in [4.78, 5) is 2.16. The molecule has 1 fully saturated rings. The molecule has 0 aliphatic carbocycles. The van der Waals surface area contributed by atoms with E-state index in [2.05, 4.69) is 28.8 Å². The topological polar surface area (TPSA) is 24.5 Å². The number of hydrogen-bond acceptors (Lipinski definition) is 3. The number of benzene rings is 1. The maximum atomic E-state index is 12.1. The summed E-state index contributed by atoms with van der Waals surface area (Å²) < 4.78 is 40.0. The van der Waals surface area contributed by atoms with Crippen LogP contribution in [0.25, 0.3) is 0 Å². The Balaban J connectivity index is 2.05. The Morgan fingerprint density at radius 3 is 2.11 bits per heavy atom. The van der Waals surface area contributed by atoms with Gasteiger partial charge < -0.3 is 15.0 Å². The molecular weight excluding hydrogens is 257 g/mol. The van der Waals surface area contributed by atoms with E-state index in [4.69, 9.17) is 0 Å². The van der Waals surface area contributed by atoms with Gasteiger partial charge in [0.2, 0.25) is 0 Å². The summed E-state index contributed by atoms with van der Waals surface area (Å²) in [7, 11) is 0. The fourth-order valence-corrected chi connectivity index (χ4v) is 2.40. The molecule has 106 valence electrons. The van der Waals surface area contributed by atoms with Gasteiger partial charge in [0, 0.05) is 30.9 Å². The highest BCUT2D eigenvalue weighted by Crippen LogP contribution is 2.26. The molecule has 3 nitrogen and oxygen atoms in total. The summed E-state index contributed by atoms with van der Waals surface area (Å²) in [6, 6.07) is 6.72. The number of ether oxygens (including phenoxy) is 1. The zero-order valence-electron chi connectivity index (χ0n) is 10.9. The third kappa shape index (κ3) is 4.02. The Hall–Kier alpha value is -1.43. The first-order chi connectivity index (χ1) is 8.83. The lowest BCUT2D eigenvalue weighted by atomic mass is 10.1. The second-order valence-corrected chi connectivity index (χ2v) is 4.92. The summed E-state index contributed by atoms with van der Waals surface area (Å²) in [6.07, 6.45) is -4.64. The minimum absolute atomic E-state index is 0.188. The van der Waals surface area contributed by atoms with Gasteiger partial charge in [-0.1, -0.05) is 0 Å². The van der Waals surface area contributed by atoms with Gasteiger partial charge in [0.1, 0.15) is 5.75 Å². The number of nitrogens with zero attached hydrogens (tertiary/aromatic N) is 1. The largest absolute Gasteiger partial charge is 0.573 e. The van der Waals surface area contributed by atoms with Crippen LogP contribution in [0, 0.1) is 0 Å². The Labute approximate surface area is 110 Å². The van der Waals surface area contributed by atoms with E-state index in [0.717, 1.165) is 18.8 Å². The molecule has 0 radical (unpaired) electrons. The van der Waals surface area contributed by atoms with Gasteiger partial charge in [-0.2, -0.15) is 0 Å². The Morgan fingerprint density at radius 1 is 1.11 bits per heavy atom. The summed E-state index contributed by atoms with van der Waals surface area (Å²) in [6.45, 7) is 5.85. The van der Waals surface area contributed by atoms with E-state index in [1.165, 1.54) is 12.1 Å². The molecule has 1 heterocycles. The second-order valence-electron chi connectivity index (χ2n) is 4.92. The van der Waals surface area contributed by atoms with Crippen molar-refractivity contribution < 1.29 is 17.9 Å². The molecule has 6 heteroatoms. The number of piperazine rings is 1. The Bertz CT molecular complexity index is 409. The van der Waals surface area contributed by atoms with Crippen LogP contribution in [0.1, 0.15) is 13.8 Å². The first-order valence-electron chi connectivity index (χ1n) is 6.20. The molecule has 0 saturated carbocycles. The second kappa shape index (κ2) is 5.28. The van der Waals surface area contributed by atoms with E-state index < -0.39 is 6.36 Å². The molecule has 2 rings (SSSR count). The fourth-order valence-electron chi connectivity index (χ4n) is 2.40. The molecule has 0 bridgehead atoms. The van der Waals surface area contributed by atoms with Crippen LogP contribution in [-0.2, 0) is 0 Å². The zero-order valence-corrected chi connectivity index (χ0v) is 10.9. The number of anilines is 1. The van der Waals surface area contributed by atoms with Crippen LogP contribution in [0.2, 0.25) is 0 Å². The van der Waals surface area contributed by atoms with Crippen molar-refractivity contribution in [2.45, 2.75) is 32.3 Å². The molecule has 1 aromatic carbocycles. The molecule has 1 saturated heterocycles. The third-order valence-electron chi connectivity index (χ3n) is 2.99. The number of halogens is 3. The predicted octanol–water partition coefficient (Wildman–Crippen LogP) is 2.77. The minimum Gasteiger partial charge on any atom is -0.406 e. The standard InChI is InChI=1S/C13H17F3N2O/c1-9-7-18(8-10(2)17-9)11-3-5-12(6-4-11)19-13(14,15)16/h3-6,9-10,17H,7-8H2,1-2H3. The van der Waals surface area contributed by atoms with Gasteiger partial charge in [0.25, 0.3) is 0 Å². The van der Waals surface area contributed by atoms with Crippen LogP contribution in [0.4, 0.5) is 18.9 Å². The lowest BCUT2D eigenvalue weighted by Crippen LogP contribution is -2.54. The summed E-state index contributed by atoms with van der Waals surface area (Å²) in [5.74, 6) is -0.188. The number of hydrogen-bond donors (Lipinski definition) is 1. The Morgan fingerprint density at radius 2 is 1.63 bits per heavy atom. The van der Waals surface area contributed by atoms with Crippen LogP contribution >= 0.6 is 0 Å². The Kier molecular flexibility index (Phi) is 3.89. The van der Waals surface area contributed by atoms with E-state index in [9.17, 15) is 13.2 Å². The van der Waals surface area contributed by atoms with Gasteiger partial charge in [0.15, 0.2) is 0 Å². The van der Waals surface area contributed by atoms with Gasteiger partial charge >= 0.3 is 6.36 Å². The molecule has 1 aromatic rings. The normalized spacial score (nSPS) is 24.4. The van der Waals surface area contributed by atoms with Crippen molar-refractivity contribution >= 4 is 5.69 Å². The van der Waals surface area contributed by atoms with Crippen LogP contribution in [0.3, 0.4) is 0 Å². The highest BCUT2D eigenvalue weighted by molar-refractivity contribution is 5.49. The molecular formula is C13H17F3N2O. The molecule has 0 aromatic heterocycles. The third-order valence-corrected chi connectivity index (χ3v) is 2.99. The van der Waals surface area contributed by atoms with Crippen molar-refractivity contribution in [3.8, 4) is 5.75 Å². The van der Waals surface area contributed by atoms with Crippen LogP contribution < -0.4 is 15.0 Å². The highest BCUT2D eigenvalue weighted by atomic mass is 19.4. The van der Waals surface area contributed by atoms with Crippen molar-refractivity contribution in [3.63, 3.8) is 0 Å². The average Bonchev–Trinajstić information content (AvgIpc) is 2.26. The van der Waals surface area contributed by atoms with E-state index in [1.54, 1.807) is 12.1 Å². The predicted molar refractivity (Wildman–Crippen MR) is 67.4 cm³/mol. The van der Waals surface area contributed by atoms with E-state index in [-0.39, 0.29) is 5.75 Å². The highest BCUT2D eigenvalue weighted by Gasteiger charge is 2.31. The van der Waals surface area contributed by atoms with Gasteiger partial charge in [-0.3, -0.25) is 0 Å². The minimum atomic E-state index is -4.64. The van der Waals surface area contributed by atoms with E-state index in [0.29, 0.717) is 12.1 Å². The maximum absolute atomic E-state index is 12.1. The summed E-state index contributed by atoms with van der Waals surface area (Å²) in [5.41, 5.74) is 0.912. The zero-order chi connectivity index (χ0) is 14.0. The van der Waals surface area contributed by atoms with Crippen molar-refractivity contribution in [1.29, 1.82) is 0 Å². The molecule has 1 aliphatic heterocycles. The molecule has 2 atom stereocenters. The van der Waals surface area contributed by atoms with Crippen molar-refractivity contribution in [3.05, 3.63) is 24.3 Å². The summed E-state index contributed by atoms with van der Waals surface area (Å²) >= 11 is 0. The molecule has 2 unspecified atom stereocenters.